The fourth-order valence-electron chi connectivity index (χ4n) is 3.09. The van der Waals surface area contributed by atoms with Crippen LogP contribution in [0.1, 0.15) is 31.0 Å². The van der Waals surface area contributed by atoms with Gasteiger partial charge in [-0.2, -0.15) is 13.2 Å². The van der Waals surface area contributed by atoms with Crippen LogP contribution in [0.4, 0.5) is 24.5 Å². The molecule has 0 saturated carbocycles. The first-order valence-corrected chi connectivity index (χ1v) is 9.76. The number of nitrogens with two attached hydrogens (primary N) is 1. The van der Waals surface area contributed by atoms with Crippen molar-refractivity contribution in [3.05, 3.63) is 70.9 Å². The molecule has 1 atom stereocenters. The molecule has 0 saturated heterocycles. The van der Waals surface area contributed by atoms with Crippen LogP contribution in [0.2, 0.25) is 0 Å². The molecule has 0 bridgehead atoms. The number of carboxylic acids is 1. The molecule has 32 heavy (non-hydrogen) atoms. The Morgan fingerprint density at radius 2 is 1.78 bits per heavy atom. The number of hydrogen-bond donors (Lipinski definition) is 5. The minimum atomic E-state index is -4.54. The summed E-state index contributed by atoms with van der Waals surface area (Å²) in [4.78, 5) is 24.1. The summed E-state index contributed by atoms with van der Waals surface area (Å²) >= 11 is 0. The number of allylic oxidation sites excluding steroid dienone is 1. The number of carbonyl (C=O) groups is 2. The molecule has 2 aromatic carbocycles. The van der Waals surface area contributed by atoms with Crippen LogP contribution in [0.3, 0.4) is 0 Å². The van der Waals surface area contributed by atoms with Crippen LogP contribution in [0.5, 0.6) is 0 Å². The Kier molecular flexibility index (Phi) is 8.25. The smallest absolute Gasteiger partial charge is 0.416 e. The molecule has 7 nitrogen and oxygen atoms in total. The SMILES string of the molecule is CCNC(=O)CN[C@@H](/C(C(=O)O)=C(/C)Nc1cccc(C(F)(F)F)c1)c1ccc(N)cc1. The number of nitrogens with one attached hydrogen (secondary N) is 3. The third-order valence-corrected chi connectivity index (χ3v) is 4.56. The molecule has 0 spiro atoms. The number of alkyl halides is 3. The van der Waals surface area contributed by atoms with Crippen LogP contribution in [0.25, 0.3) is 0 Å². The second kappa shape index (κ2) is 10.7. The molecule has 2 rings (SSSR count). The summed E-state index contributed by atoms with van der Waals surface area (Å²) in [5.74, 6) is -1.63. The number of aliphatic carboxylic acids is 1. The van der Waals surface area contributed by atoms with E-state index in [-0.39, 0.29) is 29.4 Å². The van der Waals surface area contributed by atoms with Gasteiger partial charge in [-0.15, -0.1) is 0 Å². The highest BCUT2D eigenvalue weighted by Crippen LogP contribution is 2.32. The maximum absolute atomic E-state index is 13.0. The summed E-state index contributed by atoms with van der Waals surface area (Å²) in [5.41, 5.74) is 5.88. The van der Waals surface area contributed by atoms with Gasteiger partial charge >= 0.3 is 12.1 Å². The van der Waals surface area contributed by atoms with Crippen molar-refractivity contribution in [1.82, 2.24) is 10.6 Å². The zero-order chi connectivity index (χ0) is 23.9. The van der Waals surface area contributed by atoms with Crippen LogP contribution < -0.4 is 21.7 Å². The maximum Gasteiger partial charge on any atom is 0.416 e. The van der Waals surface area contributed by atoms with Gasteiger partial charge in [-0.25, -0.2) is 4.79 Å². The number of likely N-dealkylation sites (N-methyl/N-ethyl adjacent to an activating group) is 1. The Bertz CT molecular complexity index is 989. The van der Waals surface area contributed by atoms with Crippen molar-refractivity contribution in [1.29, 1.82) is 0 Å². The number of carboxylic acid groups (broad SMARTS) is 1. The molecule has 0 aliphatic carbocycles. The average molecular weight is 450 g/mol. The van der Waals surface area contributed by atoms with Gasteiger partial charge in [-0.3, -0.25) is 10.1 Å². The second-order valence-corrected chi connectivity index (χ2v) is 6.98. The molecule has 10 heteroatoms. The first kappa shape index (κ1) is 24.7. The normalized spacial score (nSPS) is 13.2. The second-order valence-electron chi connectivity index (χ2n) is 6.98. The zero-order valence-corrected chi connectivity index (χ0v) is 17.6. The lowest BCUT2D eigenvalue weighted by atomic mass is 9.96. The Labute approximate surface area is 183 Å². The molecule has 0 heterocycles. The number of rotatable bonds is 9. The molecule has 0 aromatic heterocycles. The van der Waals surface area contributed by atoms with E-state index in [4.69, 9.17) is 5.73 Å². The standard InChI is InChI=1S/C22H25F3N4O3/c1-3-27-18(30)12-28-20(14-7-9-16(26)10-8-14)19(21(31)32)13(2)29-17-6-4-5-15(11-17)22(23,24)25/h4-11,20,28-29H,3,12,26H2,1-2H3,(H,27,30)(H,31,32)/b19-13+/t20-/m1/s1. The average Bonchev–Trinajstić information content (AvgIpc) is 2.71. The molecular weight excluding hydrogens is 425 g/mol. The van der Waals surface area contributed by atoms with Gasteiger partial charge in [0.15, 0.2) is 0 Å². The molecule has 0 radical (unpaired) electrons. The van der Waals surface area contributed by atoms with Gasteiger partial charge in [0.1, 0.15) is 0 Å². The number of nitrogen functional groups attached to an aromatic ring is 1. The lowest BCUT2D eigenvalue weighted by Crippen LogP contribution is -2.37. The summed E-state index contributed by atoms with van der Waals surface area (Å²) < 4.78 is 39.1. The van der Waals surface area contributed by atoms with Crippen molar-refractivity contribution in [2.24, 2.45) is 0 Å². The van der Waals surface area contributed by atoms with E-state index in [9.17, 15) is 27.9 Å². The summed E-state index contributed by atoms with van der Waals surface area (Å²) in [7, 11) is 0. The topological polar surface area (TPSA) is 116 Å². The molecule has 0 unspecified atom stereocenters. The van der Waals surface area contributed by atoms with E-state index in [1.807, 2.05) is 0 Å². The quantitative estimate of drug-likeness (QED) is 0.295. The molecule has 0 fully saturated rings. The molecule has 0 aliphatic rings. The van der Waals surface area contributed by atoms with Crippen LogP contribution >= 0.6 is 0 Å². The minimum Gasteiger partial charge on any atom is -0.478 e. The number of benzene rings is 2. The third kappa shape index (κ3) is 6.74. The number of halogens is 3. The number of amides is 1. The van der Waals surface area contributed by atoms with Gasteiger partial charge in [0.25, 0.3) is 0 Å². The van der Waals surface area contributed by atoms with E-state index < -0.39 is 23.8 Å². The predicted molar refractivity (Wildman–Crippen MR) is 116 cm³/mol. The molecule has 2 aromatic rings. The van der Waals surface area contributed by atoms with Crippen LogP contribution in [-0.2, 0) is 15.8 Å². The first-order chi connectivity index (χ1) is 15.0. The van der Waals surface area contributed by atoms with Crippen molar-refractivity contribution in [2.75, 3.05) is 24.1 Å². The fourth-order valence-corrected chi connectivity index (χ4v) is 3.09. The minimum absolute atomic E-state index is 0.0795. The van der Waals surface area contributed by atoms with Crippen molar-refractivity contribution in [3.8, 4) is 0 Å². The van der Waals surface area contributed by atoms with Crippen LogP contribution in [-0.4, -0.2) is 30.1 Å². The lowest BCUT2D eigenvalue weighted by molar-refractivity contribution is -0.137. The van der Waals surface area contributed by atoms with Gasteiger partial charge in [0.05, 0.1) is 23.7 Å². The van der Waals surface area contributed by atoms with E-state index in [1.165, 1.54) is 19.1 Å². The van der Waals surface area contributed by atoms with Crippen LogP contribution in [0.15, 0.2) is 59.8 Å². The van der Waals surface area contributed by atoms with Gasteiger partial charge < -0.3 is 21.5 Å². The van der Waals surface area contributed by atoms with Crippen molar-refractivity contribution >= 4 is 23.3 Å². The van der Waals surface area contributed by atoms with E-state index in [0.717, 1.165) is 12.1 Å². The highest BCUT2D eigenvalue weighted by Gasteiger charge is 2.31. The zero-order valence-electron chi connectivity index (χ0n) is 17.6. The number of hydrogen-bond acceptors (Lipinski definition) is 5. The Morgan fingerprint density at radius 3 is 2.34 bits per heavy atom. The molecule has 172 valence electrons. The lowest BCUT2D eigenvalue weighted by Gasteiger charge is -2.23. The largest absolute Gasteiger partial charge is 0.478 e. The van der Waals surface area contributed by atoms with Crippen LogP contribution in [0, 0.1) is 0 Å². The number of carbonyl (C=O) groups excluding carboxylic acids is 1. The van der Waals surface area contributed by atoms with Gasteiger partial charge in [0.2, 0.25) is 5.91 Å². The first-order valence-electron chi connectivity index (χ1n) is 9.76. The highest BCUT2D eigenvalue weighted by molar-refractivity contribution is 5.90. The van der Waals surface area contributed by atoms with Gasteiger partial charge in [-0.05, 0) is 49.7 Å². The van der Waals surface area contributed by atoms with E-state index in [1.54, 1.807) is 31.2 Å². The molecule has 6 N–H and O–H groups in total. The Balaban J connectivity index is 2.45. The monoisotopic (exact) mass is 450 g/mol. The van der Waals surface area contributed by atoms with Crippen molar-refractivity contribution in [3.63, 3.8) is 0 Å². The number of anilines is 2. The summed E-state index contributed by atoms with van der Waals surface area (Å²) in [6.07, 6.45) is -4.54. The van der Waals surface area contributed by atoms with Crippen molar-refractivity contribution in [2.45, 2.75) is 26.1 Å². The van der Waals surface area contributed by atoms with E-state index in [2.05, 4.69) is 16.0 Å². The highest BCUT2D eigenvalue weighted by atomic mass is 19.4. The van der Waals surface area contributed by atoms with Gasteiger partial charge in [0, 0.05) is 23.6 Å². The fraction of sp³-hybridized carbons (Fsp3) is 0.273. The maximum atomic E-state index is 13.0. The summed E-state index contributed by atoms with van der Waals surface area (Å²) in [6, 6.07) is 9.92. The third-order valence-electron chi connectivity index (χ3n) is 4.56. The van der Waals surface area contributed by atoms with E-state index >= 15 is 0 Å². The summed E-state index contributed by atoms with van der Waals surface area (Å²) in [5, 5.41) is 18.2. The molecule has 1 amide bonds. The summed E-state index contributed by atoms with van der Waals surface area (Å²) in [6.45, 7) is 3.43. The molecule has 0 aliphatic heterocycles. The molecular formula is C22H25F3N4O3. The Morgan fingerprint density at radius 1 is 1.12 bits per heavy atom. The van der Waals surface area contributed by atoms with E-state index in [0.29, 0.717) is 17.8 Å². The predicted octanol–water partition coefficient (Wildman–Crippen LogP) is 3.53. The Hall–Kier alpha value is -3.53. The van der Waals surface area contributed by atoms with Gasteiger partial charge in [-0.1, -0.05) is 18.2 Å². The van der Waals surface area contributed by atoms with Crippen molar-refractivity contribution < 1.29 is 27.9 Å².